The molecule has 9 nitrogen and oxygen atoms in total. The number of fused-ring (bicyclic) bond motifs is 1. The van der Waals surface area contributed by atoms with Gasteiger partial charge in [0.1, 0.15) is 0 Å². The van der Waals surface area contributed by atoms with Crippen LogP contribution >= 0.6 is 0 Å². The molecule has 1 aliphatic heterocycles. The summed E-state index contributed by atoms with van der Waals surface area (Å²) in [6.07, 6.45) is 2.04. The molecule has 3 N–H and O–H groups in total. The highest BCUT2D eigenvalue weighted by Gasteiger charge is 2.19. The Labute approximate surface area is 178 Å². The summed E-state index contributed by atoms with van der Waals surface area (Å²) >= 11 is 0. The molecule has 2 heterocycles. The molecular weight excluding hydrogens is 422 g/mol. The largest absolute Gasteiger partial charge is 0.490 e. The molecule has 4 rings (SSSR count). The number of carbonyl (C=O) groups excluding carboxylic acids is 1. The van der Waals surface area contributed by atoms with Crippen molar-refractivity contribution in [2.45, 2.75) is 11.3 Å². The molecule has 0 saturated heterocycles. The van der Waals surface area contributed by atoms with Gasteiger partial charge in [0, 0.05) is 36.1 Å². The lowest BCUT2D eigenvalue weighted by Gasteiger charge is -2.12. The summed E-state index contributed by atoms with van der Waals surface area (Å²) in [4.78, 5) is 25.8. The van der Waals surface area contributed by atoms with Gasteiger partial charge in [-0.15, -0.1) is 0 Å². The second-order valence-corrected chi connectivity index (χ2v) is 8.42. The predicted molar refractivity (Wildman–Crippen MR) is 114 cm³/mol. The standard InChI is InChI=1S/C21H19N3O6S/c25-20-9-2-14(13-22-20)21(26)23-15-3-5-16(6-4-15)24-31(27,28)17-7-8-18-19(12-17)30-11-1-10-29-18/h2-9,12-13,24H,1,10-11H2,(H,22,25)(H,23,26). The Bertz CT molecular complexity index is 1250. The Morgan fingerprint density at radius 2 is 1.61 bits per heavy atom. The number of rotatable bonds is 5. The van der Waals surface area contributed by atoms with Gasteiger partial charge in [0.05, 0.1) is 23.7 Å². The molecule has 0 fully saturated rings. The minimum atomic E-state index is -3.85. The molecule has 2 aromatic carbocycles. The van der Waals surface area contributed by atoms with E-state index in [-0.39, 0.29) is 10.5 Å². The molecule has 3 aromatic rings. The van der Waals surface area contributed by atoms with E-state index < -0.39 is 15.9 Å². The van der Waals surface area contributed by atoms with Crippen LogP contribution in [0.4, 0.5) is 11.4 Å². The molecule has 0 radical (unpaired) electrons. The first kappa shape index (κ1) is 20.5. The van der Waals surface area contributed by atoms with Gasteiger partial charge < -0.3 is 19.8 Å². The van der Waals surface area contributed by atoms with E-state index >= 15 is 0 Å². The third-order valence-electron chi connectivity index (χ3n) is 4.47. The number of benzene rings is 2. The van der Waals surface area contributed by atoms with Crippen molar-refractivity contribution in [2.75, 3.05) is 23.3 Å². The molecule has 0 aliphatic carbocycles. The second-order valence-electron chi connectivity index (χ2n) is 6.74. The number of amides is 1. The van der Waals surface area contributed by atoms with Crippen LogP contribution in [0.2, 0.25) is 0 Å². The highest BCUT2D eigenvalue weighted by atomic mass is 32.2. The molecule has 0 spiro atoms. The minimum Gasteiger partial charge on any atom is -0.490 e. The molecule has 1 aliphatic rings. The van der Waals surface area contributed by atoms with E-state index in [1.165, 1.54) is 42.6 Å². The smallest absolute Gasteiger partial charge is 0.262 e. The predicted octanol–water partition coefficient (Wildman–Crippen LogP) is 2.59. The average Bonchev–Trinajstić information content (AvgIpc) is 3.00. The number of ether oxygens (including phenoxy) is 2. The van der Waals surface area contributed by atoms with Crippen LogP contribution in [-0.4, -0.2) is 32.5 Å². The number of H-pyrrole nitrogens is 1. The Balaban J connectivity index is 1.45. The first-order valence-corrected chi connectivity index (χ1v) is 10.9. The zero-order valence-electron chi connectivity index (χ0n) is 16.3. The van der Waals surface area contributed by atoms with Crippen molar-refractivity contribution in [1.82, 2.24) is 4.98 Å². The maximum atomic E-state index is 12.7. The summed E-state index contributed by atoms with van der Waals surface area (Å²) < 4.78 is 39.1. The van der Waals surface area contributed by atoms with Gasteiger partial charge in [0.25, 0.3) is 15.9 Å². The van der Waals surface area contributed by atoms with E-state index in [0.29, 0.717) is 41.7 Å². The van der Waals surface area contributed by atoms with E-state index in [4.69, 9.17) is 9.47 Å². The van der Waals surface area contributed by atoms with Gasteiger partial charge in [0.15, 0.2) is 11.5 Å². The van der Waals surface area contributed by atoms with Crippen LogP contribution in [0, 0.1) is 0 Å². The van der Waals surface area contributed by atoms with Crippen LogP contribution in [0.3, 0.4) is 0 Å². The molecule has 1 aromatic heterocycles. The van der Waals surface area contributed by atoms with E-state index in [2.05, 4.69) is 15.0 Å². The van der Waals surface area contributed by atoms with E-state index in [1.54, 1.807) is 18.2 Å². The number of aromatic nitrogens is 1. The quantitative estimate of drug-likeness (QED) is 0.559. The molecule has 0 bridgehead atoms. The molecular formula is C21H19N3O6S. The van der Waals surface area contributed by atoms with Crippen molar-refractivity contribution < 1.29 is 22.7 Å². The van der Waals surface area contributed by atoms with Crippen molar-refractivity contribution in [3.63, 3.8) is 0 Å². The fourth-order valence-corrected chi connectivity index (χ4v) is 3.98. The van der Waals surface area contributed by atoms with E-state index in [1.807, 2.05) is 0 Å². The maximum absolute atomic E-state index is 12.7. The number of sulfonamides is 1. The molecule has 31 heavy (non-hydrogen) atoms. The van der Waals surface area contributed by atoms with Gasteiger partial charge >= 0.3 is 0 Å². The van der Waals surface area contributed by atoms with Crippen LogP contribution < -0.4 is 25.1 Å². The Morgan fingerprint density at radius 3 is 2.32 bits per heavy atom. The first-order chi connectivity index (χ1) is 14.9. The highest BCUT2D eigenvalue weighted by molar-refractivity contribution is 7.92. The normalized spacial score (nSPS) is 13.2. The third-order valence-corrected chi connectivity index (χ3v) is 5.85. The summed E-state index contributed by atoms with van der Waals surface area (Å²) in [5.41, 5.74) is 0.782. The molecule has 0 atom stereocenters. The van der Waals surface area contributed by atoms with Gasteiger partial charge in [0.2, 0.25) is 5.56 Å². The van der Waals surface area contributed by atoms with Crippen molar-refractivity contribution in [3.8, 4) is 11.5 Å². The lowest BCUT2D eigenvalue weighted by Crippen LogP contribution is -2.15. The van der Waals surface area contributed by atoms with Crippen molar-refractivity contribution in [1.29, 1.82) is 0 Å². The van der Waals surface area contributed by atoms with Crippen LogP contribution in [0.15, 0.2) is 70.5 Å². The third kappa shape index (κ3) is 4.86. The fraction of sp³-hybridized carbons (Fsp3) is 0.143. The summed E-state index contributed by atoms with van der Waals surface area (Å²) in [5, 5.41) is 2.67. The van der Waals surface area contributed by atoms with Gasteiger partial charge in [-0.1, -0.05) is 0 Å². The Hall–Kier alpha value is -3.79. The topological polar surface area (TPSA) is 127 Å². The van der Waals surface area contributed by atoms with Gasteiger partial charge in [-0.25, -0.2) is 8.42 Å². The van der Waals surface area contributed by atoms with Crippen LogP contribution in [0.1, 0.15) is 16.8 Å². The first-order valence-electron chi connectivity index (χ1n) is 9.43. The number of anilines is 2. The van der Waals surface area contributed by atoms with Crippen LogP contribution in [-0.2, 0) is 10.0 Å². The fourth-order valence-electron chi connectivity index (χ4n) is 2.90. The summed E-state index contributed by atoms with van der Waals surface area (Å²) in [6.45, 7) is 0.971. The molecule has 0 saturated carbocycles. The van der Waals surface area contributed by atoms with Gasteiger partial charge in [-0.05, 0) is 42.5 Å². The average molecular weight is 441 g/mol. The van der Waals surface area contributed by atoms with Crippen molar-refractivity contribution in [2.24, 2.45) is 0 Å². The highest BCUT2D eigenvalue weighted by Crippen LogP contribution is 2.32. The zero-order valence-corrected chi connectivity index (χ0v) is 17.1. The number of hydrogen-bond acceptors (Lipinski definition) is 6. The molecule has 10 heteroatoms. The zero-order chi connectivity index (χ0) is 21.8. The molecule has 160 valence electrons. The number of carbonyl (C=O) groups is 1. The lowest BCUT2D eigenvalue weighted by atomic mass is 10.2. The van der Waals surface area contributed by atoms with Crippen molar-refractivity contribution >= 4 is 27.3 Å². The minimum absolute atomic E-state index is 0.0483. The molecule has 1 amide bonds. The number of nitrogens with one attached hydrogen (secondary N) is 3. The number of aromatic amines is 1. The van der Waals surface area contributed by atoms with Crippen LogP contribution in [0.5, 0.6) is 11.5 Å². The summed E-state index contributed by atoms with van der Waals surface area (Å²) in [6, 6.07) is 13.3. The summed E-state index contributed by atoms with van der Waals surface area (Å²) in [7, 11) is -3.85. The van der Waals surface area contributed by atoms with Gasteiger partial charge in [-0.3, -0.25) is 14.3 Å². The van der Waals surface area contributed by atoms with E-state index in [9.17, 15) is 18.0 Å². The Morgan fingerprint density at radius 1 is 0.903 bits per heavy atom. The Kier molecular flexibility index (Phi) is 5.63. The molecule has 0 unspecified atom stereocenters. The lowest BCUT2D eigenvalue weighted by molar-refractivity contribution is 0.102. The second kappa shape index (κ2) is 8.52. The van der Waals surface area contributed by atoms with Crippen molar-refractivity contribution in [3.05, 3.63) is 76.7 Å². The number of pyridine rings is 1. The van der Waals surface area contributed by atoms with E-state index in [0.717, 1.165) is 6.42 Å². The monoisotopic (exact) mass is 441 g/mol. The maximum Gasteiger partial charge on any atom is 0.262 e. The SMILES string of the molecule is O=C(Nc1ccc(NS(=O)(=O)c2ccc3c(c2)OCCCO3)cc1)c1ccc(=O)[nH]c1. The van der Waals surface area contributed by atoms with Crippen LogP contribution in [0.25, 0.3) is 0 Å². The summed E-state index contributed by atoms with van der Waals surface area (Å²) in [5.74, 6) is 0.497. The van der Waals surface area contributed by atoms with Gasteiger partial charge in [-0.2, -0.15) is 0 Å². The number of hydrogen-bond donors (Lipinski definition) is 3.